The summed E-state index contributed by atoms with van der Waals surface area (Å²) in [5.41, 5.74) is 0. The van der Waals surface area contributed by atoms with Crippen LogP contribution in [0.5, 0.6) is 0 Å². The maximum absolute atomic E-state index is 12.7. The molecule has 0 aromatic rings. The van der Waals surface area contributed by atoms with E-state index in [1.807, 2.05) is 0 Å². The van der Waals surface area contributed by atoms with Crippen LogP contribution < -0.4 is 0 Å². The van der Waals surface area contributed by atoms with Gasteiger partial charge in [-0.1, -0.05) is 130 Å². The fourth-order valence-electron chi connectivity index (χ4n) is 5.92. The molecular weight excluding hydrogens is 516 g/mol. The zero-order valence-electron chi connectivity index (χ0n) is 27.1. The van der Waals surface area contributed by atoms with Gasteiger partial charge in [-0.05, 0) is 43.9 Å². The number of carbonyl (C=O) groups is 3. The number of carboxylic acid groups (broad SMARTS) is 1. The van der Waals surface area contributed by atoms with Crippen LogP contribution >= 0.6 is 0 Å². The van der Waals surface area contributed by atoms with Crippen molar-refractivity contribution in [1.29, 1.82) is 0 Å². The zero-order chi connectivity index (χ0) is 30.3. The van der Waals surface area contributed by atoms with E-state index in [-0.39, 0.29) is 24.8 Å². The maximum Gasteiger partial charge on any atom is 0.308 e. The third-order valence-electron chi connectivity index (χ3n) is 8.56. The fraction of sp³-hybridized carbons (Fsp3) is 0.914. The summed E-state index contributed by atoms with van der Waals surface area (Å²) < 4.78 is 11.0. The largest absolute Gasteiger partial charge is 0.481 e. The van der Waals surface area contributed by atoms with Crippen molar-refractivity contribution in [2.45, 2.75) is 163 Å². The third-order valence-corrected chi connectivity index (χ3v) is 8.56. The molecular formula is C35H64O6. The van der Waals surface area contributed by atoms with E-state index in [9.17, 15) is 19.5 Å². The molecule has 2 unspecified atom stereocenters. The van der Waals surface area contributed by atoms with Crippen LogP contribution in [0.1, 0.15) is 163 Å². The van der Waals surface area contributed by atoms with E-state index in [0.29, 0.717) is 19.6 Å². The summed E-state index contributed by atoms with van der Waals surface area (Å²) in [4.78, 5) is 37.2. The van der Waals surface area contributed by atoms with Crippen molar-refractivity contribution >= 4 is 17.9 Å². The number of hydrogen-bond donors (Lipinski definition) is 1. The number of unbranched alkanes of at least 4 members (excludes halogenated alkanes) is 14. The molecule has 0 spiro atoms. The Kier molecular flexibility index (Phi) is 21.8. The maximum atomic E-state index is 12.7. The molecule has 6 nitrogen and oxygen atoms in total. The number of esters is 2. The molecule has 1 rings (SSSR count). The molecule has 1 fully saturated rings. The lowest BCUT2D eigenvalue weighted by atomic mass is 9.75. The average Bonchev–Trinajstić information content (AvgIpc) is 2.93. The van der Waals surface area contributed by atoms with Gasteiger partial charge in [0.2, 0.25) is 0 Å². The Morgan fingerprint density at radius 2 is 0.805 bits per heavy atom. The van der Waals surface area contributed by atoms with Gasteiger partial charge in [0.05, 0.1) is 31.0 Å². The number of aliphatic carboxylic acids is 1. The van der Waals surface area contributed by atoms with Crippen LogP contribution in [0.2, 0.25) is 0 Å². The van der Waals surface area contributed by atoms with Gasteiger partial charge in [-0.3, -0.25) is 14.4 Å². The van der Waals surface area contributed by atoms with Crippen molar-refractivity contribution in [3.05, 3.63) is 0 Å². The van der Waals surface area contributed by atoms with E-state index in [0.717, 1.165) is 50.4 Å². The molecule has 1 N–H and O–H groups in total. The van der Waals surface area contributed by atoms with Crippen molar-refractivity contribution < 1.29 is 29.0 Å². The Morgan fingerprint density at radius 3 is 1.12 bits per heavy atom. The van der Waals surface area contributed by atoms with E-state index in [1.165, 1.54) is 77.0 Å². The first-order chi connectivity index (χ1) is 19.7. The highest BCUT2D eigenvalue weighted by Crippen LogP contribution is 2.35. The van der Waals surface area contributed by atoms with Crippen molar-refractivity contribution in [2.75, 3.05) is 13.2 Å². The quantitative estimate of drug-likeness (QED) is 0.0854. The molecule has 0 heterocycles. The third kappa shape index (κ3) is 20.0. The van der Waals surface area contributed by atoms with Gasteiger partial charge < -0.3 is 14.6 Å². The van der Waals surface area contributed by atoms with Crippen molar-refractivity contribution in [1.82, 2.24) is 0 Å². The van der Waals surface area contributed by atoms with E-state index in [4.69, 9.17) is 9.47 Å². The predicted molar refractivity (Wildman–Crippen MR) is 167 cm³/mol. The highest BCUT2D eigenvalue weighted by Gasteiger charge is 2.40. The fourth-order valence-corrected chi connectivity index (χ4v) is 5.92. The first kappa shape index (κ1) is 37.4. The summed E-state index contributed by atoms with van der Waals surface area (Å²) in [6.45, 7) is 9.84. The number of rotatable bonds is 25. The van der Waals surface area contributed by atoms with Crippen LogP contribution in [0.4, 0.5) is 0 Å². The van der Waals surface area contributed by atoms with E-state index in [1.54, 1.807) is 0 Å². The van der Waals surface area contributed by atoms with E-state index < -0.39 is 23.7 Å². The second kappa shape index (κ2) is 23.9. The van der Waals surface area contributed by atoms with E-state index in [2.05, 4.69) is 27.7 Å². The van der Waals surface area contributed by atoms with Crippen LogP contribution in [0.15, 0.2) is 0 Å². The highest BCUT2D eigenvalue weighted by molar-refractivity contribution is 5.79. The van der Waals surface area contributed by atoms with Gasteiger partial charge in [-0.15, -0.1) is 0 Å². The second-order valence-electron chi connectivity index (χ2n) is 13.5. The van der Waals surface area contributed by atoms with Gasteiger partial charge in [-0.2, -0.15) is 0 Å². The highest BCUT2D eigenvalue weighted by atomic mass is 16.5. The lowest BCUT2D eigenvalue weighted by molar-refractivity contribution is -0.159. The monoisotopic (exact) mass is 580 g/mol. The molecule has 0 radical (unpaired) electrons. The minimum absolute atomic E-state index is 0.242. The SMILES string of the molecule is CC(C)CCCCCCCCCCOC(=O)C1CC(C(=O)O)CC(C(=O)OCCCCCCCCCCC(C)C)C1. The van der Waals surface area contributed by atoms with Gasteiger partial charge in [-0.25, -0.2) is 0 Å². The number of hydrogen-bond acceptors (Lipinski definition) is 5. The lowest BCUT2D eigenvalue weighted by Gasteiger charge is -2.30. The second-order valence-corrected chi connectivity index (χ2v) is 13.5. The minimum atomic E-state index is -0.950. The minimum Gasteiger partial charge on any atom is -0.481 e. The summed E-state index contributed by atoms with van der Waals surface area (Å²) in [5.74, 6) is -1.88. The summed E-state index contributed by atoms with van der Waals surface area (Å²) in [6, 6.07) is 0. The van der Waals surface area contributed by atoms with E-state index >= 15 is 0 Å². The molecule has 0 amide bonds. The molecule has 0 saturated heterocycles. The number of ether oxygens (including phenoxy) is 2. The van der Waals surface area contributed by atoms with Gasteiger partial charge in [0, 0.05) is 0 Å². The van der Waals surface area contributed by atoms with Gasteiger partial charge in [0.1, 0.15) is 0 Å². The Morgan fingerprint density at radius 1 is 0.512 bits per heavy atom. The lowest BCUT2D eigenvalue weighted by Crippen LogP contribution is -2.36. The standard InChI is InChI=1S/C35H64O6/c1-28(2)21-17-13-9-5-7-11-15-19-23-40-34(38)31-25-30(33(36)37)26-32(27-31)35(39)41-24-20-16-12-8-6-10-14-18-22-29(3)4/h28-32H,5-27H2,1-4H3,(H,36,37). The van der Waals surface area contributed by atoms with Crippen LogP contribution in [-0.2, 0) is 23.9 Å². The molecule has 1 saturated carbocycles. The molecule has 2 atom stereocenters. The van der Waals surface area contributed by atoms with Crippen LogP contribution in [0, 0.1) is 29.6 Å². The molecule has 240 valence electrons. The Hall–Kier alpha value is -1.59. The zero-order valence-corrected chi connectivity index (χ0v) is 27.1. The Labute approximate surface area is 252 Å². The van der Waals surface area contributed by atoms with Crippen LogP contribution in [0.25, 0.3) is 0 Å². The average molecular weight is 581 g/mol. The molecule has 0 aromatic carbocycles. The number of carboxylic acids is 1. The topological polar surface area (TPSA) is 89.9 Å². The van der Waals surface area contributed by atoms with Crippen LogP contribution in [-0.4, -0.2) is 36.2 Å². The Balaban J connectivity index is 2.19. The van der Waals surface area contributed by atoms with Crippen molar-refractivity contribution in [2.24, 2.45) is 29.6 Å². The summed E-state index contributed by atoms with van der Waals surface area (Å²) in [6.07, 6.45) is 22.4. The van der Waals surface area contributed by atoms with Crippen LogP contribution in [0.3, 0.4) is 0 Å². The molecule has 1 aliphatic rings. The van der Waals surface area contributed by atoms with Gasteiger partial charge in [0.15, 0.2) is 0 Å². The first-order valence-electron chi connectivity index (χ1n) is 17.3. The number of carbonyl (C=O) groups excluding carboxylic acids is 2. The summed E-state index contributed by atoms with van der Waals surface area (Å²) in [5, 5.41) is 9.61. The Bertz CT molecular complexity index is 638. The van der Waals surface area contributed by atoms with Gasteiger partial charge >= 0.3 is 17.9 Å². The summed E-state index contributed by atoms with van der Waals surface area (Å²) >= 11 is 0. The normalized spacial score (nSPS) is 19.0. The first-order valence-corrected chi connectivity index (χ1v) is 17.3. The molecule has 0 bridgehead atoms. The summed E-state index contributed by atoms with van der Waals surface area (Å²) in [7, 11) is 0. The van der Waals surface area contributed by atoms with Crippen molar-refractivity contribution in [3.8, 4) is 0 Å². The smallest absolute Gasteiger partial charge is 0.308 e. The molecule has 1 aliphatic carbocycles. The molecule has 41 heavy (non-hydrogen) atoms. The molecule has 0 aromatic heterocycles. The van der Waals surface area contributed by atoms with Gasteiger partial charge in [0.25, 0.3) is 0 Å². The predicted octanol–water partition coefficient (Wildman–Crippen LogP) is 9.52. The molecule has 6 heteroatoms. The van der Waals surface area contributed by atoms with Crippen molar-refractivity contribution in [3.63, 3.8) is 0 Å². The molecule has 0 aliphatic heterocycles.